The molecule has 19 heavy (non-hydrogen) atoms. The number of nitrogen functional groups attached to an aromatic ring is 1. The van der Waals surface area contributed by atoms with E-state index in [-0.39, 0.29) is 18.5 Å². The van der Waals surface area contributed by atoms with Crippen LogP contribution in [0.4, 0.5) is 23.2 Å². The highest BCUT2D eigenvalue weighted by atomic mass is 32.2. The van der Waals surface area contributed by atoms with Crippen LogP contribution >= 0.6 is 0 Å². The number of benzene rings is 1. The highest BCUT2D eigenvalue weighted by molar-refractivity contribution is 7.89. The van der Waals surface area contributed by atoms with Crippen LogP contribution in [0, 0.1) is 5.82 Å². The lowest BCUT2D eigenvalue weighted by molar-refractivity contribution is -0.160. The Labute approximate surface area is 106 Å². The highest BCUT2D eigenvalue weighted by Crippen LogP contribution is 2.49. The van der Waals surface area contributed by atoms with E-state index >= 15 is 0 Å². The van der Waals surface area contributed by atoms with E-state index in [2.05, 4.69) is 0 Å². The van der Waals surface area contributed by atoms with Gasteiger partial charge in [-0.15, -0.1) is 0 Å². The van der Waals surface area contributed by atoms with Crippen molar-refractivity contribution in [1.29, 1.82) is 0 Å². The van der Waals surface area contributed by atoms with Gasteiger partial charge in [0, 0.05) is 5.69 Å². The van der Waals surface area contributed by atoms with Crippen LogP contribution in [0.1, 0.15) is 12.8 Å². The molecular weight excluding hydrogens is 288 g/mol. The third kappa shape index (κ3) is 2.52. The van der Waals surface area contributed by atoms with Crippen molar-refractivity contribution in [2.45, 2.75) is 29.5 Å². The van der Waals surface area contributed by atoms with Gasteiger partial charge < -0.3 is 5.73 Å². The van der Waals surface area contributed by atoms with Crippen molar-refractivity contribution in [2.24, 2.45) is 0 Å². The zero-order valence-corrected chi connectivity index (χ0v) is 10.3. The Balaban J connectivity index is 2.34. The van der Waals surface area contributed by atoms with E-state index in [1.165, 1.54) is 4.72 Å². The highest BCUT2D eigenvalue weighted by Gasteiger charge is 2.65. The molecule has 0 radical (unpaired) electrons. The van der Waals surface area contributed by atoms with E-state index in [9.17, 15) is 26.0 Å². The summed E-state index contributed by atoms with van der Waals surface area (Å²) in [4.78, 5) is -0.850. The molecular formula is C10H10F4N2O2S. The van der Waals surface area contributed by atoms with E-state index in [1.54, 1.807) is 0 Å². The summed E-state index contributed by atoms with van der Waals surface area (Å²) in [5.74, 6) is -1.19. The smallest absolute Gasteiger partial charge is 0.399 e. The third-order valence-electron chi connectivity index (χ3n) is 2.87. The van der Waals surface area contributed by atoms with Gasteiger partial charge in [-0.25, -0.2) is 12.8 Å². The van der Waals surface area contributed by atoms with Gasteiger partial charge in [0.2, 0.25) is 10.0 Å². The van der Waals surface area contributed by atoms with Gasteiger partial charge in [0.05, 0.1) is 0 Å². The molecule has 2 rings (SSSR count). The Hall–Kier alpha value is -1.35. The van der Waals surface area contributed by atoms with Crippen LogP contribution in [-0.2, 0) is 10.0 Å². The second-order valence-electron chi connectivity index (χ2n) is 4.38. The van der Waals surface area contributed by atoms with Crippen molar-refractivity contribution >= 4 is 15.7 Å². The van der Waals surface area contributed by atoms with Gasteiger partial charge in [-0.1, -0.05) is 0 Å². The first-order valence-electron chi connectivity index (χ1n) is 5.23. The predicted octanol–water partition coefficient (Wildman–Crippen LogP) is 1.78. The average Bonchev–Trinajstić information content (AvgIpc) is 2.96. The van der Waals surface area contributed by atoms with Gasteiger partial charge in [0.1, 0.15) is 16.3 Å². The molecule has 106 valence electrons. The Morgan fingerprint density at radius 3 is 2.26 bits per heavy atom. The molecule has 0 aliphatic heterocycles. The van der Waals surface area contributed by atoms with Crippen molar-refractivity contribution < 1.29 is 26.0 Å². The van der Waals surface area contributed by atoms with Gasteiger partial charge in [0.15, 0.2) is 0 Å². The fraction of sp³-hybridized carbons (Fsp3) is 0.400. The Morgan fingerprint density at radius 2 is 1.84 bits per heavy atom. The van der Waals surface area contributed by atoms with Crippen LogP contribution in [0.25, 0.3) is 0 Å². The second kappa shape index (κ2) is 4.07. The van der Waals surface area contributed by atoms with Crippen LogP contribution in [0.2, 0.25) is 0 Å². The summed E-state index contributed by atoms with van der Waals surface area (Å²) < 4.78 is 76.5. The molecule has 0 spiro atoms. The molecule has 0 unspecified atom stereocenters. The molecule has 0 aromatic heterocycles. The monoisotopic (exact) mass is 298 g/mol. The summed E-state index contributed by atoms with van der Waals surface area (Å²) in [6.07, 6.45) is -5.41. The molecule has 0 bridgehead atoms. The maximum Gasteiger partial charge on any atom is 0.407 e. The summed E-state index contributed by atoms with van der Waals surface area (Å²) in [5, 5.41) is 0. The SMILES string of the molecule is Nc1ccc(S(=O)(=O)NC2(C(F)(F)F)CC2)c(F)c1. The minimum Gasteiger partial charge on any atom is -0.399 e. The zero-order valence-electron chi connectivity index (χ0n) is 9.46. The molecule has 1 aliphatic rings. The van der Waals surface area contributed by atoms with Crippen LogP contribution in [0.3, 0.4) is 0 Å². The summed E-state index contributed by atoms with van der Waals surface area (Å²) >= 11 is 0. The lowest BCUT2D eigenvalue weighted by atomic mass is 10.3. The lowest BCUT2D eigenvalue weighted by Gasteiger charge is -2.20. The Morgan fingerprint density at radius 1 is 1.26 bits per heavy atom. The van der Waals surface area contributed by atoms with Gasteiger partial charge in [0.25, 0.3) is 0 Å². The normalized spacial score (nSPS) is 18.3. The minimum atomic E-state index is -4.70. The number of sulfonamides is 1. The van der Waals surface area contributed by atoms with E-state index in [4.69, 9.17) is 5.73 Å². The number of anilines is 1. The van der Waals surface area contributed by atoms with Crippen LogP contribution in [-0.4, -0.2) is 20.1 Å². The molecule has 3 N–H and O–H groups in total. The average molecular weight is 298 g/mol. The molecule has 1 aliphatic carbocycles. The maximum absolute atomic E-state index is 13.5. The molecule has 1 aromatic carbocycles. The Kier molecular flexibility index (Phi) is 3.01. The lowest BCUT2D eigenvalue weighted by Crippen LogP contribution is -2.47. The van der Waals surface area contributed by atoms with Gasteiger partial charge in [-0.2, -0.15) is 17.9 Å². The van der Waals surface area contributed by atoms with Crippen molar-refractivity contribution in [2.75, 3.05) is 5.73 Å². The number of nitrogens with two attached hydrogens (primary N) is 1. The first-order chi connectivity index (χ1) is 8.57. The van der Waals surface area contributed by atoms with Crippen molar-refractivity contribution in [3.05, 3.63) is 24.0 Å². The third-order valence-corrected chi connectivity index (χ3v) is 4.44. The fourth-order valence-corrected chi connectivity index (χ4v) is 3.12. The minimum absolute atomic E-state index is 0.0200. The van der Waals surface area contributed by atoms with Gasteiger partial charge in [-0.3, -0.25) is 0 Å². The molecule has 4 nitrogen and oxygen atoms in total. The quantitative estimate of drug-likeness (QED) is 0.660. The largest absolute Gasteiger partial charge is 0.407 e. The second-order valence-corrected chi connectivity index (χ2v) is 6.03. The van der Waals surface area contributed by atoms with Crippen molar-refractivity contribution in [3.8, 4) is 0 Å². The molecule has 0 heterocycles. The number of hydrogen-bond donors (Lipinski definition) is 2. The van der Waals surface area contributed by atoms with E-state index in [0.717, 1.165) is 18.2 Å². The summed E-state index contributed by atoms with van der Waals surface area (Å²) in [5.41, 5.74) is 2.75. The number of nitrogens with one attached hydrogen (secondary N) is 1. The molecule has 0 saturated heterocycles. The topological polar surface area (TPSA) is 72.2 Å². The number of hydrogen-bond acceptors (Lipinski definition) is 3. The molecule has 1 fully saturated rings. The molecule has 0 atom stereocenters. The fourth-order valence-electron chi connectivity index (χ4n) is 1.62. The zero-order chi connectivity index (χ0) is 14.5. The van der Waals surface area contributed by atoms with E-state index in [0.29, 0.717) is 0 Å². The van der Waals surface area contributed by atoms with Gasteiger partial charge >= 0.3 is 6.18 Å². The Bertz CT molecular complexity index is 608. The summed E-state index contributed by atoms with van der Waals surface area (Å²) in [6, 6.07) is 2.67. The predicted molar refractivity (Wildman–Crippen MR) is 59.2 cm³/mol. The number of alkyl halides is 3. The summed E-state index contributed by atoms with van der Waals surface area (Å²) in [7, 11) is -4.59. The summed E-state index contributed by atoms with van der Waals surface area (Å²) in [6.45, 7) is 0. The number of halogens is 4. The standard InChI is InChI=1S/C10H10F4N2O2S/c11-7-5-6(15)1-2-8(7)19(17,18)16-9(3-4-9)10(12,13)14/h1-2,5,16H,3-4,15H2. The van der Waals surface area contributed by atoms with Crippen molar-refractivity contribution in [1.82, 2.24) is 4.72 Å². The van der Waals surface area contributed by atoms with Gasteiger partial charge in [-0.05, 0) is 31.0 Å². The molecule has 9 heteroatoms. The van der Waals surface area contributed by atoms with Crippen LogP contribution in [0.5, 0.6) is 0 Å². The van der Waals surface area contributed by atoms with E-state index < -0.39 is 32.5 Å². The van der Waals surface area contributed by atoms with E-state index in [1.807, 2.05) is 0 Å². The number of rotatable bonds is 3. The van der Waals surface area contributed by atoms with Crippen LogP contribution < -0.4 is 10.5 Å². The maximum atomic E-state index is 13.5. The molecule has 1 saturated carbocycles. The molecule has 1 aromatic rings. The first-order valence-corrected chi connectivity index (χ1v) is 6.71. The molecule has 0 amide bonds. The van der Waals surface area contributed by atoms with Crippen LogP contribution in [0.15, 0.2) is 23.1 Å². The first kappa shape index (κ1) is 14.1. The van der Waals surface area contributed by atoms with Crippen molar-refractivity contribution in [3.63, 3.8) is 0 Å².